The molecule has 0 aliphatic carbocycles. The molecule has 0 amide bonds. The summed E-state index contributed by atoms with van der Waals surface area (Å²) in [5.41, 5.74) is 3.05. The molecule has 3 rings (SSSR count). The Morgan fingerprint density at radius 2 is 1.89 bits per heavy atom. The van der Waals surface area contributed by atoms with E-state index >= 15 is 0 Å². The molecule has 0 aromatic heterocycles. The zero-order valence-electron chi connectivity index (χ0n) is 15.7. The SMILES string of the molecule is CN=C(NCc1ccc(C(=O)OC)cc1)N1CCC(c2ccccc2)C1.I. The molecule has 1 fully saturated rings. The number of carbonyl (C=O) groups is 1. The Labute approximate surface area is 177 Å². The third-order valence-electron chi connectivity index (χ3n) is 4.80. The van der Waals surface area contributed by atoms with Crippen molar-refractivity contribution in [1.82, 2.24) is 10.2 Å². The van der Waals surface area contributed by atoms with Crippen LogP contribution in [0.2, 0.25) is 0 Å². The summed E-state index contributed by atoms with van der Waals surface area (Å²) in [6, 6.07) is 18.1. The van der Waals surface area contributed by atoms with Crippen LogP contribution in [0, 0.1) is 0 Å². The highest BCUT2D eigenvalue weighted by Gasteiger charge is 2.25. The van der Waals surface area contributed by atoms with E-state index in [-0.39, 0.29) is 29.9 Å². The molecule has 1 aliphatic heterocycles. The Kier molecular flexibility index (Phi) is 8.09. The number of ether oxygens (including phenoxy) is 1. The van der Waals surface area contributed by atoms with Gasteiger partial charge in [-0.05, 0) is 29.7 Å². The van der Waals surface area contributed by atoms with E-state index in [2.05, 4.69) is 45.5 Å². The van der Waals surface area contributed by atoms with Crippen LogP contribution in [-0.2, 0) is 11.3 Å². The quantitative estimate of drug-likeness (QED) is 0.315. The van der Waals surface area contributed by atoms with Crippen molar-refractivity contribution in [3.05, 3.63) is 71.3 Å². The minimum absolute atomic E-state index is 0. The molecule has 0 spiro atoms. The van der Waals surface area contributed by atoms with E-state index in [1.54, 1.807) is 12.1 Å². The topological polar surface area (TPSA) is 53.9 Å². The zero-order valence-corrected chi connectivity index (χ0v) is 18.1. The number of likely N-dealkylation sites (tertiary alicyclic amines) is 1. The Bertz CT molecular complexity index is 763. The summed E-state index contributed by atoms with van der Waals surface area (Å²) in [5.74, 6) is 1.15. The number of hydrogen-bond donors (Lipinski definition) is 1. The van der Waals surface area contributed by atoms with Gasteiger partial charge in [-0.3, -0.25) is 4.99 Å². The van der Waals surface area contributed by atoms with Crippen molar-refractivity contribution >= 4 is 35.9 Å². The number of hydrogen-bond acceptors (Lipinski definition) is 3. The van der Waals surface area contributed by atoms with Crippen molar-refractivity contribution in [2.75, 3.05) is 27.2 Å². The molecule has 27 heavy (non-hydrogen) atoms. The minimum atomic E-state index is -0.315. The summed E-state index contributed by atoms with van der Waals surface area (Å²) >= 11 is 0. The van der Waals surface area contributed by atoms with Gasteiger partial charge < -0.3 is 15.0 Å². The van der Waals surface area contributed by atoms with Gasteiger partial charge in [0.25, 0.3) is 0 Å². The van der Waals surface area contributed by atoms with E-state index < -0.39 is 0 Å². The van der Waals surface area contributed by atoms with Crippen LogP contribution < -0.4 is 5.32 Å². The highest BCUT2D eigenvalue weighted by molar-refractivity contribution is 14.0. The number of methoxy groups -OCH3 is 1. The fraction of sp³-hybridized carbons (Fsp3) is 0.333. The number of rotatable bonds is 4. The van der Waals surface area contributed by atoms with Gasteiger partial charge in [-0.2, -0.15) is 0 Å². The molecule has 0 radical (unpaired) electrons. The van der Waals surface area contributed by atoms with Crippen molar-refractivity contribution in [3.63, 3.8) is 0 Å². The van der Waals surface area contributed by atoms with Crippen LogP contribution in [0.15, 0.2) is 59.6 Å². The first kappa shape index (κ1) is 21.2. The summed E-state index contributed by atoms with van der Waals surface area (Å²) in [5, 5.41) is 3.42. The van der Waals surface area contributed by atoms with Crippen LogP contribution in [0.5, 0.6) is 0 Å². The van der Waals surface area contributed by atoms with Crippen LogP contribution in [0.1, 0.15) is 33.8 Å². The zero-order chi connectivity index (χ0) is 18.4. The van der Waals surface area contributed by atoms with Gasteiger partial charge in [0, 0.05) is 32.6 Å². The molecular formula is C21H26IN3O2. The van der Waals surface area contributed by atoms with E-state index in [0.717, 1.165) is 31.0 Å². The van der Waals surface area contributed by atoms with Crippen LogP contribution in [-0.4, -0.2) is 44.1 Å². The maximum absolute atomic E-state index is 11.5. The van der Waals surface area contributed by atoms with Crippen molar-refractivity contribution in [3.8, 4) is 0 Å². The van der Waals surface area contributed by atoms with E-state index in [1.807, 2.05) is 19.2 Å². The van der Waals surface area contributed by atoms with Gasteiger partial charge in [0.05, 0.1) is 12.7 Å². The lowest BCUT2D eigenvalue weighted by atomic mass is 9.99. The fourth-order valence-corrected chi connectivity index (χ4v) is 3.34. The normalized spacial score (nSPS) is 16.6. The predicted molar refractivity (Wildman–Crippen MR) is 119 cm³/mol. The van der Waals surface area contributed by atoms with E-state index in [4.69, 9.17) is 4.74 Å². The lowest BCUT2D eigenvalue weighted by Gasteiger charge is -2.22. The standard InChI is InChI=1S/C21H25N3O2.HI/c1-22-21(23-14-16-8-10-18(11-9-16)20(25)26-2)24-13-12-19(15-24)17-6-4-3-5-7-17;/h3-11,19H,12-15H2,1-2H3,(H,22,23);1H. The maximum Gasteiger partial charge on any atom is 0.337 e. The molecule has 5 nitrogen and oxygen atoms in total. The second-order valence-corrected chi connectivity index (χ2v) is 6.43. The third kappa shape index (κ3) is 5.45. The number of carbonyl (C=O) groups excluding carboxylic acids is 1. The summed E-state index contributed by atoms with van der Waals surface area (Å²) in [6.07, 6.45) is 1.14. The second kappa shape index (κ2) is 10.3. The lowest BCUT2D eigenvalue weighted by molar-refractivity contribution is 0.0600. The number of esters is 1. The molecule has 1 N–H and O–H groups in total. The Morgan fingerprint density at radius 1 is 1.19 bits per heavy atom. The van der Waals surface area contributed by atoms with Gasteiger partial charge in [0.2, 0.25) is 0 Å². The molecule has 1 saturated heterocycles. The third-order valence-corrected chi connectivity index (χ3v) is 4.80. The monoisotopic (exact) mass is 479 g/mol. The molecule has 1 heterocycles. The van der Waals surface area contributed by atoms with Crippen molar-refractivity contribution < 1.29 is 9.53 Å². The highest BCUT2D eigenvalue weighted by atomic mass is 127. The van der Waals surface area contributed by atoms with Crippen molar-refractivity contribution in [2.45, 2.75) is 18.9 Å². The number of halogens is 1. The molecule has 1 atom stereocenters. The second-order valence-electron chi connectivity index (χ2n) is 6.43. The summed E-state index contributed by atoms with van der Waals surface area (Å²) in [7, 11) is 3.21. The molecule has 6 heteroatoms. The van der Waals surface area contributed by atoms with Gasteiger partial charge in [0.1, 0.15) is 0 Å². The van der Waals surface area contributed by atoms with Crippen LogP contribution >= 0.6 is 24.0 Å². The number of benzene rings is 2. The van der Waals surface area contributed by atoms with Crippen LogP contribution in [0.25, 0.3) is 0 Å². The number of nitrogens with one attached hydrogen (secondary N) is 1. The van der Waals surface area contributed by atoms with E-state index in [0.29, 0.717) is 18.0 Å². The summed E-state index contributed by atoms with van der Waals surface area (Å²) in [4.78, 5) is 18.2. The average molecular weight is 479 g/mol. The number of nitrogens with zero attached hydrogens (tertiary/aromatic N) is 2. The molecule has 0 bridgehead atoms. The predicted octanol–water partition coefficient (Wildman–Crippen LogP) is 3.66. The Hall–Kier alpha value is -2.09. The minimum Gasteiger partial charge on any atom is -0.465 e. The van der Waals surface area contributed by atoms with Crippen LogP contribution in [0.3, 0.4) is 0 Å². The molecule has 1 aliphatic rings. The van der Waals surface area contributed by atoms with E-state index in [1.165, 1.54) is 12.7 Å². The molecule has 2 aromatic carbocycles. The summed E-state index contributed by atoms with van der Waals surface area (Å²) < 4.78 is 4.73. The number of aliphatic imine (C=N–C) groups is 1. The Balaban J connectivity index is 0.00000261. The van der Waals surface area contributed by atoms with Crippen LogP contribution in [0.4, 0.5) is 0 Å². The van der Waals surface area contributed by atoms with Gasteiger partial charge in [-0.15, -0.1) is 24.0 Å². The van der Waals surface area contributed by atoms with Gasteiger partial charge in [-0.25, -0.2) is 4.79 Å². The summed E-state index contributed by atoms with van der Waals surface area (Å²) in [6.45, 7) is 2.64. The molecule has 144 valence electrons. The largest absolute Gasteiger partial charge is 0.465 e. The fourth-order valence-electron chi connectivity index (χ4n) is 3.34. The lowest BCUT2D eigenvalue weighted by Crippen LogP contribution is -2.39. The smallest absolute Gasteiger partial charge is 0.337 e. The van der Waals surface area contributed by atoms with Crippen molar-refractivity contribution in [2.24, 2.45) is 4.99 Å². The molecule has 0 saturated carbocycles. The first-order valence-electron chi connectivity index (χ1n) is 8.89. The van der Waals surface area contributed by atoms with E-state index in [9.17, 15) is 4.79 Å². The molecule has 1 unspecified atom stereocenters. The maximum atomic E-state index is 11.5. The average Bonchev–Trinajstić information content (AvgIpc) is 3.19. The first-order valence-corrected chi connectivity index (χ1v) is 8.89. The van der Waals surface area contributed by atoms with Gasteiger partial charge >= 0.3 is 5.97 Å². The Morgan fingerprint density at radius 3 is 2.52 bits per heavy atom. The first-order chi connectivity index (χ1) is 12.7. The molecule has 2 aromatic rings. The highest BCUT2D eigenvalue weighted by Crippen LogP contribution is 2.26. The number of guanidine groups is 1. The van der Waals surface area contributed by atoms with Gasteiger partial charge in [0.15, 0.2) is 5.96 Å². The van der Waals surface area contributed by atoms with Gasteiger partial charge in [-0.1, -0.05) is 42.5 Å². The van der Waals surface area contributed by atoms with Crippen molar-refractivity contribution in [1.29, 1.82) is 0 Å². The molecular weight excluding hydrogens is 453 g/mol.